The van der Waals surface area contributed by atoms with Gasteiger partial charge in [-0.2, -0.15) is 13.2 Å². The van der Waals surface area contributed by atoms with E-state index in [1.165, 1.54) is 12.1 Å². The van der Waals surface area contributed by atoms with Crippen LogP contribution in [0, 0.1) is 0 Å². The van der Waals surface area contributed by atoms with Gasteiger partial charge in [0.05, 0.1) is 5.56 Å². The Morgan fingerprint density at radius 2 is 2.11 bits per heavy atom. The van der Waals surface area contributed by atoms with Crippen molar-refractivity contribution in [3.05, 3.63) is 35.4 Å². The standard InChI is InChI=1S/C12H14F3NO2/c1-2-10(11(17)18)16-7-8-4-3-5-9(6-8)12(13,14)15/h3-6,10,16H,2,7H2,1H3,(H,17,18). The molecule has 0 aliphatic heterocycles. The molecule has 0 fully saturated rings. The summed E-state index contributed by atoms with van der Waals surface area (Å²) < 4.78 is 37.3. The summed E-state index contributed by atoms with van der Waals surface area (Å²) >= 11 is 0. The summed E-state index contributed by atoms with van der Waals surface area (Å²) in [5.41, 5.74) is -0.324. The van der Waals surface area contributed by atoms with Crippen molar-refractivity contribution in [2.75, 3.05) is 0 Å². The lowest BCUT2D eigenvalue weighted by Crippen LogP contribution is -2.35. The number of halogens is 3. The third kappa shape index (κ3) is 4.03. The Labute approximate surface area is 103 Å². The van der Waals surface area contributed by atoms with Gasteiger partial charge in [-0.05, 0) is 18.1 Å². The minimum Gasteiger partial charge on any atom is -0.480 e. The van der Waals surface area contributed by atoms with Crippen LogP contribution in [-0.4, -0.2) is 17.1 Å². The molecule has 1 unspecified atom stereocenters. The summed E-state index contributed by atoms with van der Waals surface area (Å²) in [5, 5.41) is 11.5. The predicted octanol–water partition coefficient (Wildman–Crippen LogP) is 2.66. The maximum absolute atomic E-state index is 12.4. The summed E-state index contributed by atoms with van der Waals surface area (Å²) in [5.74, 6) is -1.01. The van der Waals surface area contributed by atoms with Crippen LogP contribution in [0.25, 0.3) is 0 Å². The number of benzene rings is 1. The van der Waals surface area contributed by atoms with E-state index in [2.05, 4.69) is 5.32 Å². The lowest BCUT2D eigenvalue weighted by atomic mass is 10.1. The molecule has 2 N–H and O–H groups in total. The van der Waals surface area contributed by atoms with Crippen LogP contribution in [0.2, 0.25) is 0 Å². The van der Waals surface area contributed by atoms with Gasteiger partial charge >= 0.3 is 12.1 Å². The van der Waals surface area contributed by atoms with Crippen molar-refractivity contribution >= 4 is 5.97 Å². The first-order valence-electron chi connectivity index (χ1n) is 5.47. The first kappa shape index (κ1) is 14.5. The second-order valence-electron chi connectivity index (χ2n) is 3.88. The summed E-state index contributed by atoms with van der Waals surface area (Å²) in [7, 11) is 0. The van der Waals surface area contributed by atoms with E-state index >= 15 is 0 Å². The highest BCUT2D eigenvalue weighted by Gasteiger charge is 2.30. The van der Waals surface area contributed by atoms with Gasteiger partial charge in [-0.1, -0.05) is 25.1 Å². The van der Waals surface area contributed by atoms with Crippen molar-refractivity contribution in [1.29, 1.82) is 0 Å². The molecule has 18 heavy (non-hydrogen) atoms. The van der Waals surface area contributed by atoms with E-state index in [0.29, 0.717) is 12.0 Å². The molecule has 1 rings (SSSR count). The van der Waals surface area contributed by atoms with Crippen LogP contribution >= 0.6 is 0 Å². The zero-order valence-electron chi connectivity index (χ0n) is 9.79. The minimum atomic E-state index is -4.38. The Kier molecular flexibility index (Phi) is 4.72. The molecule has 0 aliphatic carbocycles. The van der Waals surface area contributed by atoms with Crippen LogP contribution < -0.4 is 5.32 Å². The Hall–Kier alpha value is -1.56. The van der Waals surface area contributed by atoms with Crippen molar-refractivity contribution < 1.29 is 23.1 Å². The van der Waals surface area contributed by atoms with Gasteiger partial charge in [0.2, 0.25) is 0 Å². The fraction of sp³-hybridized carbons (Fsp3) is 0.417. The Bertz CT molecular complexity index is 418. The molecular weight excluding hydrogens is 247 g/mol. The van der Waals surface area contributed by atoms with E-state index in [9.17, 15) is 18.0 Å². The molecule has 0 heterocycles. The van der Waals surface area contributed by atoms with Gasteiger partial charge < -0.3 is 10.4 Å². The quantitative estimate of drug-likeness (QED) is 0.856. The second kappa shape index (κ2) is 5.86. The molecule has 1 atom stereocenters. The number of carboxylic acids is 1. The monoisotopic (exact) mass is 261 g/mol. The number of rotatable bonds is 5. The fourth-order valence-electron chi connectivity index (χ4n) is 1.50. The molecule has 1 aromatic carbocycles. The Morgan fingerprint density at radius 3 is 2.61 bits per heavy atom. The zero-order chi connectivity index (χ0) is 13.8. The molecule has 0 amide bonds. The van der Waals surface area contributed by atoms with Crippen LogP contribution in [-0.2, 0) is 17.5 Å². The SMILES string of the molecule is CCC(NCc1cccc(C(F)(F)F)c1)C(=O)O. The van der Waals surface area contributed by atoms with Crippen molar-refractivity contribution in [3.8, 4) is 0 Å². The second-order valence-corrected chi connectivity index (χ2v) is 3.88. The summed E-state index contributed by atoms with van der Waals surface area (Å²) in [6, 6.07) is 4.08. The van der Waals surface area contributed by atoms with Crippen LogP contribution in [0.15, 0.2) is 24.3 Å². The first-order valence-corrected chi connectivity index (χ1v) is 5.47. The smallest absolute Gasteiger partial charge is 0.416 e. The van der Waals surface area contributed by atoms with Gasteiger partial charge in [-0.3, -0.25) is 4.79 Å². The van der Waals surface area contributed by atoms with E-state index < -0.39 is 23.8 Å². The molecule has 100 valence electrons. The number of hydrogen-bond acceptors (Lipinski definition) is 2. The molecule has 0 aliphatic rings. The van der Waals surface area contributed by atoms with Crippen LogP contribution in [0.5, 0.6) is 0 Å². The van der Waals surface area contributed by atoms with Crippen LogP contribution in [0.4, 0.5) is 13.2 Å². The average Bonchev–Trinajstić information content (AvgIpc) is 2.28. The van der Waals surface area contributed by atoms with Crippen molar-refractivity contribution in [3.63, 3.8) is 0 Å². The molecule has 6 heteroatoms. The number of aliphatic carboxylic acids is 1. The third-order valence-corrected chi connectivity index (χ3v) is 2.51. The van der Waals surface area contributed by atoms with Crippen LogP contribution in [0.1, 0.15) is 24.5 Å². The molecule has 3 nitrogen and oxygen atoms in total. The van der Waals surface area contributed by atoms with E-state index in [1.807, 2.05) is 0 Å². The normalized spacial score (nSPS) is 13.3. The highest BCUT2D eigenvalue weighted by Crippen LogP contribution is 2.29. The molecule has 1 aromatic rings. The van der Waals surface area contributed by atoms with Gasteiger partial charge in [-0.25, -0.2) is 0 Å². The van der Waals surface area contributed by atoms with E-state index in [4.69, 9.17) is 5.11 Å². The maximum atomic E-state index is 12.4. The summed E-state index contributed by atoms with van der Waals surface area (Å²) in [4.78, 5) is 10.7. The predicted molar refractivity (Wildman–Crippen MR) is 60.0 cm³/mol. The average molecular weight is 261 g/mol. The fourth-order valence-corrected chi connectivity index (χ4v) is 1.50. The van der Waals surface area contributed by atoms with Crippen molar-refractivity contribution in [2.24, 2.45) is 0 Å². The molecule has 0 spiro atoms. The van der Waals surface area contributed by atoms with Crippen LogP contribution in [0.3, 0.4) is 0 Å². The minimum absolute atomic E-state index is 0.0920. The van der Waals surface area contributed by atoms with Gasteiger partial charge in [0.1, 0.15) is 6.04 Å². The van der Waals surface area contributed by atoms with Gasteiger partial charge in [0.25, 0.3) is 0 Å². The van der Waals surface area contributed by atoms with Gasteiger partial charge in [0, 0.05) is 6.54 Å². The maximum Gasteiger partial charge on any atom is 0.416 e. The summed E-state index contributed by atoms with van der Waals surface area (Å²) in [6.45, 7) is 1.78. The van der Waals surface area contributed by atoms with Crippen molar-refractivity contribution in [1.82, 2.24) is 5.32 Å². The highest BCUT2D eigenvalue weighted by atomic mass is 19.4. The number of carbonyl (C=O) groups is 1. The Balaban J connectivity index is 2.71. The van der Waals surface area contributed by atoms with Crippen molar-refractivity contribution in [2.45, 2.75) is 32.1 Å². The zero-order valence-corrected chi connectivity index (χ0v) is 9.79. The Morgan fingerprint density at radius 1 is 1.44 bits per heavy atom. The number of hydrogen-bond donors (Lipinski definition) is 2. The lowest BCUT2D eigenvalue weighted by Gasteiger charge is -2.13. The number of nitrogens with one attached hydrogen (secondary N) is 1. The molecule has 0 aromatic heterocycles. The molecule has 0 bridgehead atoms. The molecule has 0 radical (unpaired) electrons. The van der Waals surface area contributed by atoms with E-state index in [0.717, 1.165) is 12.1 Å². The molecule has 0 saturated carbocycles. The highest BCUT2D eigenvalue weighted by molar-refractivity contribution is 5.73. The van der Waals surface area contributed by atoms with E-state index in [1.54, 1.807) is 6.92 Å². The van der Waals surface area contributed by atoms with Gasteiger partial charge in [0.15, 0.2) is 0 Å². The van der Waals surface area contributed by atoms with Gasteiger partial charge in [-0.15, -0.1) is 0 Å². The largest absolute Gasteiger partial charge is 0.480 e. The van der Waals surface area contributed by atoms with E-state index in [-0.39, 0.29) is 6.54 Å². The lowest BCUT2D eigenvalue weighted by molar-refractivity contribution is -0.140. The third-order valence-electron chi connectivity index (χ3n) is 2.51. The molecule has 0 saturated heterocycles. The number of alkyl halides is 3. The first-order chi connectivity index (χ1) is 8.34. The topological polar surface area (TPSA) is 49.3 Å². The summed E-state index contributed by atoms with van der Waals surface area (Å²) in [6.07, 6.45) is -4.01. The number of carboxylic acid groups (broad SMARTS) is 1. The molecular formula is C12H14F3NO2.